The molecule has 196 valence electrons. The van der Waals surface area contributed by atoms with E-state index in [1.165, 1.54) is 42.2 Å². The first-order valence-electron chi connectivity index (χ1n) is 12.6. The molecule has 1 aliphatic rings. The Kier molecular flexibility index (Phi) is 12.5. The number of aliphatic hydroxyl groups excluding tert-OH is 2. The van der Waals surface area contributed by atoms with Gasteiger partial charge < -0.3 is 25.4 Å². The van der Waals surface area contributed by atoms with Crippen LogP contribution in [0.2, 0.25) is 0 Å². The second-order valence-corrected chi connectivity index (χ2v) is 9.80. The van der Waals surface area contributed by atoms with Crippen molar-refractivity contribution in [3.8, 4) is 5.69 Å². The number of nitrogens with zero attached hydrogens (tertiary/aromatic N) is 2. The second kappa shape index (κ2) is 14.8. The molecule has 3 N–H and O–H groups in total. The molecule has 0 saturated heterocycles. The fraction of sp³-hybridized carbons (Fsp3) is 0.519. The Balaban J connectivity index is 0.00000481. The Hall–Kier alpha value is -2.04. The van der Waals surface area contributed by atoms with Gasteiger partial charge in [0, 0.05) is 30.9 Å². The third-order valence-corrected chi connectivity index (χ3v) is 6.49. The summed E-state index contributed by atoms with van der Waals surface area (Å²) in [6, 6.07) is 5.70. The Morgan fingerprint density at radius 1 is 1.19 bits per heavy atom. The maximum Gasteiger partial charge on any atom is 1.00 e. The largest absolute Gasteiger partial charge is 1.00 e. The van der Waals surface area contributed by atoms with Crippen molar-refractivity contribution in [3.63, 3.8) is 0 Å². The van der Waals surface area contributed by atoms with E-state index in [0.717, 1.165) is 12.8 Å². The minimum Gasteiger partial charge on any atom is -0.550 e. The average molecular weight is 524 g/mol. The molecule has 8 nitrogen and oxygen atoms in total. The Morgan fingerprint density at radius 2 is 1.84 bits per heavy atom. The molecule has 0 radical (unpaired) electrons. The van der Waals surface area contributed by atoms with Crippen molar-refractivity contribution in [1.82, 2.24) is 15.1 Å². The van der Waals surface area contributed by atoms with E-state index >= 15 is 0 Å². The number of aliphatic hydroxyl groups is 2. The third-order valence-electron chi connectivity index (χ3n) is 6.49. The number of carbonyl (C=O) groups excluding carboxylic acids is 2. The average Bonchev–Trinajstić information content (AvgIpc) is 3.21. The number of hydrogen-bond acceptors (Lipinski definition) is 6. The molecule has 10 heteroatoms. The van der Waals surface area contributed by atoms with Gasteiger partial charge in [0.2, 0.25) is 0 Å². The summed E-state index contributed by atoms with van der Waals surface area (Å²) in [7, 11) is 0. The van der Waals surface area contributed by atoms with Crippen LogP contribution in [0, 0.1) is 11.7 Å². The van der Waals surface area contributed by atoms with Crippen LogP contribution in [0.5, 0.6) is 0 Å². The van der Waals surface area contributed by atoms with E-state index < -0.39 is 30.4 Å². The number of aromatic nitrogens is 2. The number of aliphatic carboxylic acids is 1. The topological polar surface area (TPSA) is 128 Å². The SMILES string of the molecule is CC(C)c1c(C(=O)NCC2CCCCC2)nn(-c2ccc(F)cc2)c1/C=C/[C@@H](O)C[C@@H](O)CC(=O)[O-].[Na+]. The van der Waals surface area contributed by atoms with Gasteiger partial charge in [-0.1, -0.05) is 39.2 Å². The maximum atomic E-state index is 13.6. The summed E-state index contributed by atoms with van der Waals surface area (Å²) in [5.41, 5.74) is 2.00. The molecule has 2 atom stereocenters. The van der Waals surface area contributed by atoms with Gasteiger partial charge >= 0.3 is 29.6 Å². The molecule has 37 heavy (non-hydrogen) atoms. The van der Waals surface area contributed by atoms with Crippen molar-refractivity contribution < 1.29 is 58.9 Å². The Morgan fingerprint density at radius 3 is 2.43 bits per heavy atom. The fourth-order valence-electron chi connectivity index (χ4n) is 4.67. The van der Waals surface area contributed by atoms with E-state index in [9.17, 15) is 29.3 Å². The van der Waals surface area contributed by atoms with Gasteiger partial charge in [0.25, 0.3) is 5.91 Å². The van der Waals surface area contributed by atoms with E-state index in [1.54, 1.807) is 18.2 Å². The molecule has 1 aromatic heterocycles. The molecular weight excluding hydrogens is 488 g/mol. The molecule has 0 aliphatic heterocycles. The van der Waals surface area contributed by atoms with E-state index in [1.807, 2.05) is 13.8 Å². The van der Waals surface area contributed by atoms with Crippen LogP contribution in [0.25, 0.3) is 11.8 Å². The molecule has 1 saturated carbocycles. The zero-order chi connectivity index (χ0) is 26.2. The number of amides is 1. The molecule has 2 aromatic rings. The minimum atomic E-state index is -1.40. The molecule has 1 aliphatic carbocycles. The van der Waals surface area contributed by atoms with Gasteiger partial charge in [0.15, 0.2) is 5.69 Å². The van der Waals surface area contributed by atoms with Gasteiger partial charge in [0.1, 0.15) is 5.82 Å². The number of carbonyl (C=O) groups is 2. The van der Waals surface area contributed by atoms with Gasteiger partial charge in [-0.3, -0.25) is 4.79 Å². The van der Waals surface area contributed by atoms with E-state index in [2.05, 4.69) is 10.4 Å². The van der Waals surface area contributed by atoms with E-state index in [4.69, 9.17) is 0 Å². The van der Waals surface area contributed by atoms with Crippen molar-refractivity contribution in [2.24, 2.45) is 5.92 Å². The number of hydrogen-bond donors (Lipinski definition) is 3. The van der Waals surface area contributed by atoms with E-state index in [-0.39, 0.29) is 53.5 Å². The summed E-state index contributed by atoms with van der Waals surface area (Å²) in [6.07, 6.45) is 5.61. The second-order valence-electron chi connectivity index (χ2n) is 9.80. The summed E-state index contributed by atoms with van der Waals surface area (Å²) in [5, 5.41) is 38.5. The first-order chi connectivity index (χ1) is 17.2. The first-order valence-corrected chi connectivity index (χ1v) is 12.6. The van der Waals surface area contributed by atoms with Crippen LogP contribution >= 0.6 is 0 Å². The van der Waals surface area contributed by atoms with Gasteiger partial charge in [-0.15, -0.1) is 0 Å². The summed E-state index contributed by atoms with van der Waals surface area (Å²) in [5.74, 6) is -1.75. The molecule has 3 rings (SSSR count). The predicted octanol–water partition coefficient (Wildman–Crippen LogP) is -0.286. The number of halogens is 1. The Labute approximate surface area is 239 Å². The molecular formula is C27H35FN3NaO5. The third kappa shape index (κ3) is 9.04. The van der Waals surface area contributed by atoms with Gasteiger partial charge in [0.05, 0.1) is 23.6 Å². The monoisotopic (exact) mass is 523 g/mol. The van der Waals surface area contributed by atoms with Crippen molar-refractivity contribution in [2.75, 3.05) is 6.54 Å². The molecule has 0 bridgehead atoms. The van der Waals surface area contributed by atoms with Crippen LogP contribution < -0.4 is 40.0 Å². The van der Waals surface area contributed by atoms with Crippen LogP contribution in [0.1, 0.15) is 86.5 Å². The van der Waals surface area contributed by atoms with Crippen LogP contribution in [-0.2, 0) is 4.79 Å². The normalized spacial score (nSPS) is 15.9. The zero-order valence-corrected chi connectivity index (χ0v) is 23.8. The van der Waals surface area contributed by atoms with Gasteiger partial charge in [-0.05, 0) is 55.0 Å². The van der Waals surface area contributed by atoms with Crippen LogP contribution in [0.15, 0.2) is 30.3 Å². The molecule has 1 aromatic carbocycles. The number of benzene rings is 1. The number of carboxylic acids is 1. The van der Waals surface area contributed by atoms with E-state index in [0.29, 0.717) is 29.4 Å². The number of carboxylic acid groups (broad SMARTS) is 1. The van der Waals surface area contributed by atoms with Crippen molar-refractivity contribution >= 4 is 18.0 Å². The van der Waals surface area contributed by atoms with Gasteiger partial charge in [-0.25, -0.2) is 9.07 Å². The minimum absolute atomic E-state index is 0. The summed E-state index contributed by atoms with van der Waals surface area (Å²) in [4.78, 5) is 23.9. The molecule has 1 amide bonds. The molecule has 0 unspecified atom stereocenters. The van der Waals surface area contributed by atoms with Crippen molar-refractivity contribution in [1.29, 1.82) is 0 Å². The van der Waals surface area contributed by atoms with Crippen LogP contribution in [-0.4, -0.2) is 50.6 Å². The molecule has 0 spiro atoms. The predicted molar refractivity (Wildman–Crippen MR) is 132 cm³/mol. The standard InChI is InChI=1S/C27H36FN3O5.Na/c1-17(2)25-23(13-12-21(32)14-22(33)15-24(34)35)31(20-10-8-19(28)9-11-20)30-26(25)27(36)29-16-18-6-4-3-5-7-18;/h8-13,17-18,21-22,32-33H,3-7,14-16H2,1-2H3,(H,29,36)(H,34,35);/q;+1/p-1/b13-12+;/t21-,22-;/m1./s1. The molecule has 1 fully saturated rings. The summed E-state index contributed by atoms with van der Waals surface area (Å²) in [6.45, 7) is 4.45. The summed E-state index contributed by atoms with van der Waals surface area (Å²) < 4.78 is 15.1. The van der Waals surface area contributed by atoms with Crippen LogP contribution in [0.3, 0.4) is 0 Å². The van der Waals surface area contributed by atoms with Crippen molar-refractivity contribution in [2.45, 2.75) is 76.9 Å². The number of rotatable bonds is 11. The fourth-order valence-corrected chi connectivity index (χ4v) is 4.67. The van der Waals surface area contributed by atoms with Crippen molar-refractivity contribution in [3.05, 3.63) is 53.1 Å². The smallest absolute Gasteiger partial charge is 0.550 e. The molecule has 1 heterocycles. The summed E-state index contributed by atoms with van der Waals surface area (Å²) >= 11 is 0. The Bertz CT molecular complexity index is 1060. The quantitative estimate of drug-likeness (QED) is 0.348. The van der Waals surface area contributed by atoms with Crippen LogP contribution in [0.4, 0.5) is 4.39 Å². The van der Waals surface area contributed by atoms with Gasteiger partial charge in [-0.2, -0.15) is 5.10 Å². The first kappa shape index (κ1) is 31.2. The maximum absolute atomic E-state index is 13.6. The number of nitrogens with one attached hydrogen (secondary N) is 1. The zero-order valence-electron chi connectivity index (χ0n) is 21.8.